The molecule has 30 heavy (non-hydrogen) atoms. The molecule has 1 aliphatic heterocycles. The number of thioether (sulfide) groups is 1. The minimum Gasteiger partial charge on any atom is -0.379 e. The predicted molar refractivity (Wildman–Crippen MR) is 109 cm³/mol. The number of amidine groups is 1. The molecule has 2 aromatic carbocycles. The molecule has 1 N–H and O–H groups in total. The minimum absolute atomic E-state index is 0.0242. The van der Waals surface area contributed by atoms with Gasteiger partial charge < -0.3 is 9.50 Å². The van der Waals surface area contributed by atoms with Gasteiger partial charge in [-0.1, -0.05) is 12.1 Å². The van der Waals surface area contributed by atoms with Crippen LogP contribution in [0.15, 0.2) is 63.3 Å². The van der Waals surface area contributed by atoms with E-state index in [0.717, 1.165) is 36.0 Å². The summed E-state index contributed by atoms with van der Waals surface area (Å²) in [6.07, 6.45) is 1.54. The quantitative estimate of drug-likeness (QED) is 0.318. The highest BCUT2D eigenvalue weighted by Crippen LogP contribution is 2.28. The average Bonchev–Trinajstić information content (AvgIpc) is 3.01. The van der Waals surface area contributed by atoms with Crippen LogP contribution in [-0.4, -0.2) is 30.3 Å². The van der Waals surface area contributed by atoms with Gasteiger partial charge in [0.1, 0.15) is 10.6 Å². The molecule has 0 aliphatic carbocycles. The number of hydrogen-bond donors (Lipinski definition) is 1. The third-order valence-electron chi connectivity index (χ3n) is 3.62. The first-order valence-corrected chi connectivity index (χ1v) is 10.5. The summed E-state index contributed by atoms with van der Waals surface area (Å²) >= 11 is 1.01. The summed E-state index contributed by atoms with van der Waals surface area (Å²) in [5, 5.41) is 13.3. The number of aliphatic imine (C=N–C) groups is 1. The first-order valence-electron chi connectivity index (χ1n) is 8.23. The maximum atomic E-state index is 12.3. The van der Waals surface area contributed by atoms with Gasteiger partial charge >= 0.3 is 10.1 Å². The highest BCUT2D eigenvalue weighted by molar-refractivity contribution is 8.18. The van der Waals surface area contributed by atoms with Gasteiger partial charge in [-0.05, 0) is 47.7 Å². The Bertz CT molecular complexity index is 1190. The number of rotatable bonds is 5. The van der Waals surface area contributed by atoms with Crippen LogP contribution in [0.4, 0.5) is 5.69 Å². The molecule has 3 rings (SSSR count). The predicted octanol–water partition coefficient (Wildman–Crippen LogP) is 2.47. The summed E-state index contributed by atoms with van der Waals surface area (Å²) in [7, 11) is -4.17. The topological polar surface area (TPSA) is 145 Å². The zero-order valence-electron chi connectivity index (χ0n) is 15.3. The lowest BCUT2D eigenvalue weighted by Crippen LogP contribution is -2.23. The van der Waals surface area contributed by atoms with Gasteiger partial charge in [0.2, 0.25) is 5.91 Å². The maximum Gasteiger partial charge on any atom is 0.339 e. The Morgan fingerprint density at radius 3 is 2.37 bits per heavy atom. The van der Waals surface area contributed by atoms with Crippen molar-refractivity contribution in [1.29, 1.82) is 0 Å². The smallest absolute Gasteiger partial charge is 0.339 e. The molecule has 0 fully saturated rings. The zero-order valence-corrected chi connectivity index (χ0v) is 16.9. The number of carbonyl (C=O) groups is 2. The average molecular weight is 447 g/mol. The number of amides is 2. The van der Waals surface area contributed by atoms with Crippen LogP contribution >= 0.6 is 11.8 Å². The van der Waals surface area contributed by atoms with Crippen molar-refractivity contribution in [2.75, 3.05) is 0 Å². The summed E-state index contributed by atoms with van der Waals surface area (Å²) < 4.78 is 29.7. The van der Waals surface area contributed by atoms with Crippen molar-refractivity contribution in [1.82, 2.24) is 5.32 Å². The van der Waals surface area contributed by atoms with E-state index in [4.69, 9.17) is 4.18 Å². The van der Waals surface area contributed by atoms with Crippen molar-refractivity contribution in [3.05, 3.63) is 69.1 Å². The van der Waals surface area contributed by atoms with E-state index in [-0.39, 0.29) is 27.4 Å². The van der Waals surface area contributed by atoms with Gasteiger partial charge in [0.15, 0.2) is 5.17 Å². The number of nitrogens with zero attached hydrogens (tertiary/aromatic N) is 2. The summed E-state index contributed by atoms with van der Waals surface area (Å²) in [4.78, 5) is 36.7. The number of carbonyl (C=O) groups excluding carboxylic acids is 2. The van der Waals surface area contributed by atoms with Crippen molar-refractivity contribution in [3.63, 3.8) is 0 Å². The monoisotopic (exact) mass is 447 g/mol. The van der Waals surface area contributed by atoms with E-state index in [1.54, 1.807) is 6.08 Å². The zero-order chi connectivity index (χ0) is 21.9. The van der Waals surface area contributed by atoms with Gasteiger partial charge in [-0.3, -0.25) is 19.7 Å². The first-order chi connectivity index (χ1) is 14.1. The third kappa shape index (κ3) is 5.10. The molecule has 0 spiro atoms. The van der Waals surface area contributed by atoms with Gasteiger partial charge in [0.25, 0.3) is 11.6 Å². The molecule has 0 bridgehead atoms. The first kappa shape index (κ1) is 21.2. The van der Waals surface area contributed by atoms with E-state index < -0.39 is 20.9 Å². The Hall–Kier alpha value is -3.51. The minimum atomic E-state index is -4.17. The lowest BCUT2D eigenvalue weighted by atomic mass is 10.2. The second-order valence-corrected chi connectivity index (χ2v) is 8.45. The van der Waals surface area contributed by atoms with Gasteiger partial charge in [0, 0.05) is 19.1 Å². The van der Waals surface area contributed by atoms with Crippen LogP contribution in [-0.2, 0) is 19.7 Å². The van der Waals surface area contributed by atoms with Crippen LogP contribution in [0.3, 0.4) is 0 Å². The molecule has 2 aromatic rings. The largest absolute Gasteiger partial charge is 0.379 e. The van der Waals surface area contributed by atoms with Crippen LogP contribution in [0.5, 0.6) is 5.75 Å². The number of benzene rings is 2. The number of hydrogen-bond acceptors (Lipinski definition) is 8. The van der Waals surface area contributed by atoms with E-state index in [1.165, 1.54) is 31.2 Å². The van der Waals surface area contributed by atoms with E-state index in [9.17, 15) is 28.1 Å². The summed E-state index contributed by atoms with van der Waals surface area (Å²) in [5.74, 6) is -0.813. The molecular formula is C18H13N3O7S2. The van der Waals surface area contributed by atoms with Gasteiger partial charge in [0.05, 0.1) is 9.83 Å². The molecule has 0 atom stereocenters. The van der Waals surface area contributed by atoms with E-state index in [2.05, 4.69) is 10.3 Å². The number of nitro benzene ring substituents is 1. The molecule has 154 valence electrons. The molecular weight excluding hydrogens is 434 g/mol. The highest BCUT2D eigenvalue weighted by Gasteiger charge is 2.22. The van der Waals surface area contributed by atoms with Crippen molar-refractivity contribution >= 4 is 50.6 Å². The Morgan fingerprint density at radius 1 is 1.17 bits per heavy atom. The molecule has 0 unspecified atom stereocenters. The molecule has 1 aliphatic rings. The van der Waals surface area contributed by atoms with Crippen LogP contribution in [0.1, 0.15) is 12.5 Å². The number of nitro groups is 1. The second-order valence-electron chi connectivity index (χ2n) is 5.87. The van der Waals surface area contributed by atoms with Gasteiger partial charge in [-0.25, -0.2) is 0 Å². The van der Waals surface area contributed by atoms with E-state index in [0.29, 0.717) is 10.5 Å². The Kier molecular flexibility index (Phi) is 5.99. The van der Waals surface area contributed by atoms with Crippen molar-refractivity contribution in [3.8, 4) is 5.75 Å². The van der Waals surface area contributed by atoms with E-state index >= 15 is 0 Å². The second kappa shape index (κ2) is 8.47. The Morgan fingerprint density at radius 2 is 1.80 bits per heavy atom. The van der Waals surface area contributed by atoms with Crippen molar-refractivity contribution in [2.45, 2.75) is 11.8 Å². The fraction of sp³-hybridized carbons (Fsp3) is 0.0556. The van der Waals surface area contributed by atoms with E-state index in [1.807, 2.05) is 0 Å². The molecule has 0 saturated heterocycles. The number of non-ortho nitro benzene ring substituents is 1. The maximum absolute atomic E-state index is 12.3. The third-order valence-corrected chi connectivity index (χ3v) is 5.78. The molecule has 0 radical (unpaired) electrons. The highest BCUT2D eigenvalue weighted by atomic mass is 32.2. The van der Waals surface area contributed by atoms with Gasteiger partial charge in [-0.2, -0.15) is 13.4 Å². The Labute approximate surface area is 174 Å². The SMILES string of the molecule is CC(=O)NC1=NC(=O)C(=Cc2ccc(OS(=O)(=O)c3ccc([N+](=O)[O-])cc3)cc2)S1. The van der Waals surface area contributed by atoms with Crippen LogP contribution < -0.4 is 9.50 Å². The molecule has 0 aromatic heterocycles. The fourth-order valence-corrected chi connectivity index (χ4v) is 4.08. The normalized spacial score (nSPS) is 15.0. The Balaban J connectivity index is 1.71. The summed E-state index contributed by atoms with van der Waals surface area (Å²) in [6, 6.07) is 10.2. The molecule has 0 saturated carbocycles. The molecule has 12 heteroatoms. The lowest BCUT2D eigenvalue weighted by molar-refractivity contribution is -0.384. The molecule has 10 nitrogen and oxygen atoms in total. The van der Waals surface area contributed by atoms with Crippen LogP contribution in [0.25, 0.3) is 6.08 Å². The molecule has 1 heterocycles. The van der Waals surface area contributed by atoms with Crippen molar-refractivity contribution in [2.24, 2.45) is 4.99 Å². The van der Waals surface area contributed by atoms with Crippen molar-refractivity contribution < 1.29 is 27.1 Å². The molecule has 2 amide bonds. The standard InChI is InChI=1S/C18H13N3O7S2/c1-11(22)19-18-20-17(23)16(29-18)10-12-2-6-14(7-3-12)28-30(26,27)15-8-4-13(5-9-15)21(24)25/h2-10H,1H3,(H,19,20,22,23). The number of nitrogens with one attached hydrogen (secondary N) is 1. The van der Waals surface area contributed by atoms with Crippen LogP contribution in [0, 0.1) is 10.1 Å². The van der Waals surface area contributed by atoms with Gasteiger partial charge in [-0.15, -0.1) is 0 Å². The fourth-order valence-electron chi connectivity index (χ4n) is 2.29. The summed E-state index contributed by atoms with van der Waals surface area (Å²) in [5.41, 5.74) is 0.349. The summed E-state index contributed by atoms with van der Waals surface area (Å²) in [6.45, 7) is 1.30. The lowest BCUT2D eigenvalue weighted by Gasteiger charge is -2.07. The van der Waals surface area contributed by atoms with Crippen LogP contribution in [0.2, 0.25) is 0 Å².